The van der Waals surface area contributed by atoms with Crippen LogP contribution in [0.5, 0.6) is 0 Å². The van der Waals surface area contributed by atoms with E-state index in [0.717, 1.165) is 0 Å². The molecule has 1 aliphatic carbocycles. The van der Waals surface area contributed by atoms with Crippen LogP contribution in [0, 0.1) is 0 Å². The highest BCUT2D eigenvalue weighted by atomic mass is 35.5. The van der Waals surface area contributed by atoms with E-state index in [9.17, 15) is 5.11 Å². The second-order valence-electron chi connectivity index (χ2n) is 3.62. The molecule has 1 N–H and O–H groups in total. The minimum Gasteiger partial charge on any atom is -0.383 e. The molecule has 1 saturated carbocycles. The van der Waals surface area contributed by atoms with Crippen LogP contribution < -0.4 is 0 Å². The Morgan fingerprint density at radius 3 is 1.93 bits per heavy atom. The minimum absolute atomic E-state index is 0.174. The number of rotatable bonds is 2. The Kier molecular flexibility index (Phi) is 3.72. The summed E-state index contributed by atoms with van der Waals surface area (Å²) in [6.07, 6.45) is 3.33. The van der Waals surface area contributed by atoms with Crippen molar-refractivity contribution in [1.82, 2.24) is 0 Å². The smallest absolute Gasteiger partial charge is 0.150 e. The zero-order valence-corrected chi connectivity index (χ0v) is 10.6. The van der Waals surface area contributed by atoms with Crippen LogP contribution in [0.25, 0.3) is 0 Å². The van der Waals surface area contributed by atoms with Crippen LogP contribution in [0.2, 0.25) is 0 Å². The van der Waals surface area contributed by atoms with E-state index in [1.807, 2.05) is 0 Å². The van der Waals surface area contributed by atoms with Crippen molar-refractivity contribution in [2.24, 2.45) is 0 Å². The van der Waals surface area contributed by atoms with Crippen molar-refractivity contribution in [3.63, 3.8) is 0 Å². The van der Waals surface area contributed by atoms with Gasteiger partial charge in [-0.3, -0.25) is 0 Å². The van der Waals surface area contributed by atoms with E-state index in [2.05, 4.69) is 6.58 Å². The molecule has 0 amide bonds. The topological polar surface area (TPSA) is 20.2 Å². The molecule has 0 aliphatic heterocycles. The number of hydrogen-bond acceptors (Lipinski definition) is 1. The summed E-state index contributed by atoms with van der Waals surface area (Å²) in [5.41, 5.74) is -1.54. The highest BCUT2D eigenvalue weighted by Gasteiger charge is 2.61. The van der Waals surface area contributed by atoms with Crippen LogP contribution in [-0.2, 0) is 0 Å². The highest BCUT2D eigenvalue weighted by molar-refractivity contribution is 6.54. The van der Waals surface area contributed by atoms with E-state index in [1.54, 1.807) is 0 Å². The summed E-state index contributed by atoms with van der Waals surface area (Å²) in [6.45, 7) is 3.54. The number of alkyl halides is 4. The summed E-state index contributed by atoms with van der Waals surface area (Å²) in [4.78, 5) is 0. The maximum atomic E-state index is 10.3. The van der Waals surface area contributed by atoms with Gasteiger partial charge >= 0.3 is 0 Å². The lowest BCUT2D eigenvalue weighted by Gasteiger charge is -2.49. The minimum atomic E-state index is -1.54. The van der Waals surface area contributed by atoms with E-state index in [4.69, 9.17) is 46.4 Å². The van der Waals surface area contributed by atoms with Crippen molar-refractivity contribution in [3.05, 3.63) is 12.7 Å². The van der Waals surface area contributed by atoms with Gasteiger partial charge in [-0.2, -0.15) is 0 Å². The molecule has 0 spiro atoms. The third kappa shape index (κ3) is 1.90. The van der Waals surface area contributed by atoms with Crippen molar-refractivity contribution in [3.8, 4) is 0 Å². The van der Waals surface area contributed by atoms with Gasteiger partial charge in [-0.15, -0.1) is 6.58 Å². The molecule has 0 atom stereocenters. The Bertz CT molecular complexity index is 221. The predicted octanol–water partition coefficient (Wildman–Crippen LogP) is 3.83. The zero-order valence-electron chi connectivity index (χ0n) is 7.57. The first kappa shape index (κ1) is 12.9. The van der Waals surface area contributed by atoms with Crippen molar-refractivity contribution in [2.75, 3.05) is 0 Å². The molecule has 0 aromatic rings. The molecule has 0 aromatic heterocycles. The molecular formula is C9H12Cl4O. The third-order valence-electron chi connectivity index (χ3n) is 2.63. The molecule has 1 rings (SSSR count). The van der Waals surface area contributed by atoms with Gasteiger partial charge in [0.05, 0.1) is 0 Å². The molecule has 0 unspecified atom stereocenters. The van der Waals surface area contributed by atoms with Crippen LogP contribution in [0.3, 0.4) is 0 Å². The van der Waals surface area contributed by atoms with Crippen LogP contribution in [0.1, 0.15) is 25.7 Å². The normalized spacial score (nSPS) is 28.4. The van der Waals surface area contributed by atoms with E-state index in [0.29, 0.717) is 19.3 Å². The lowest BCUT2D eigenvalue weighted by Crippen LogP contribution is -2.60. The fraction of sp³-hybridized carbons (Fsp3) is 0.778. The average Bonchev–Trinajstić information content (AvgIpc) is 2.01. The number of aliphatic hydroxyl groups is 1. The number of hydrogen-bond donors (Lipinski definition) is 1. The SMILES string of the molecule is C=CCC1(O)C(Cl)(Cl)CCCC1(Cl)Cl. The Hall–Kier alpha value is 0.860. The first-order valence-corrected chi connectivity index (χ1v) is 5.87. The summed E-state index contributed by atoms with van der Waals surface area (Å²) in [6, 6.07) is 0. The van der Waals surface area contributed by atoms with Crippen molar-refractivity contribution >= 4 is 46.4 Å². The largest absolute Gasteiger partial charge is 0.383 e. The molecule has 1 fully saturated rings. The molecule has 0 radical (unpaired) electrons. The van der Waals surface area contributed by atoms with Crippen LogP contribution in [0.4, 0.5) is 0 Å². The maximum Gasteiger partial charge on any atom is 0.150 e. The first-order chi connectivity index (χ1) is 6.27. The molecule has 0 aromatic carbocycles. The molecule has 14 heavy (non-hydrogen) atoms. The summed E-state index contributed by atoms with van der Waals surface area (Å²) in [5.74, 6) is 0. The van der Waals surface area contributed by atoms with E-state index < -0.39 is 14.3 Å². The van der Waals surface area contributed by atoms with Gasteiger partial charge in [0.2, 0.25) is 0 Å². The summed E-state index contributed by atoms with van der Waals surface area (Å²) >= 11 is 24.2. The van der Waals surface area contributed by atoms with Crippen LogP contribution in [0.15, 0.2) is 12.7 Å². The predicted molar refractivity (Wildman–Crippen MR) is 62.5 cm³/mol. The monoisotopic (exact) mass is 276 g/mol. The van der Waals surface area contributed by atoms with Gasteiger partial charge in [0.25, 0.3) is 0 Å². The Balaban J connectivity index is 3.07. The molecular weight excluding hydrogens is 266 g/mol. The average molecular weight is 278 g/mol. The van der Waals surface area contributed by atoms with Gasteiger partial charge in [0.15, 0.2) is 0 Å². The summed E-state index contributed by atoms with van der Waals surface area (Å²) in [7, 11) is 0. The third-order valence-corrected chi connectivity index (χ3v) is 4.64. The fourth-order valence-corrected chi connectivity index (χ4v) is 3.40. The van der Waals surface area contributed by atoms with Crippen molar-refractivity contribution in [2.45, 2.75) is 40.0 Å². The summed E-state index contributed by atoms with van der Waals surface area (Å²) < 4.78 is -2.63. The number of halogens is 4. The van der Waals surface area contributed by atoms with Gasteiger partial charge in [-0.25, -0.2) is 0 Å². The van der Waals surface area contributed by atoms with Gasteiger partial charge < -0.3 is 5.11 Å². The van der Waals surface area contributed by atoms with E-state index in [-0.39, 0.29) is 6.42 Å². The lowest BCUT2D eigenvalue weighted by atomic mass is 9.80. The van der Waals surface area contributed by atoms with Crippen LogP contribution in [-0.4, -0.2) is 19.4 Å². The molecule has 1 aliphatic rings. The highest BCUT2D eigenvalue weighted by Crippen LogP contribution is 2.56. The lowest BCUT2D eigenvalue weighted by molar-refractivity contribution is -0.0115. The molecule has 0 bridgehead atoms. The Morgan fingerprint density at radius 2 is 1.57 bits per heavy atom. The van der Waals surface area contributed by atoms with Gasteiger partial charge in [0, 0.05) is 0 Å². The second kappa shape index (κ2) is 4.03. The standard InChI is InChI=1S/C9H12Cl4O/c1-2-4-7(14)8(10,11)5-3-6-9(7,12)13/h2,14H,1,3-6H2. The van der Waals surface area contributed by atoms with Gasteiger partial charge in [-0.05, 0) is 25.7 Å². The van der Waals surface area contributed by atoms with E-state index in [1.165, 1.54) is 6.08 Å². The molecule has 5 heteroatoms. The Morgan fingerprint density at radius 1 is 1.14 bits per heavy atom. The molecule has 0 heterocycles. The van der Waals surface area contributed by atoms with Crippen LogP contribution >= 0.6 is 46.4 Å². The molecule has 82 valence electrons. The zero-order chi connectivity index (χ0) is 11.0. The first-order valence-electron chi connectivity index (χ1n) is 4.36. The summed E-state index contributed by atoms with van der Waals surface area (Å²) in [5, 5.41) is 10.3. The van der Waals surface area contributed by atoms with Gasteiger partial charge in [0.1, 0.15) is 14.3 Å². The second-order valence-corrected chi connectivity index (χ2v) is 6.58. The van der Waals surface area contributed by atoms with E-state index >= 15 is 0 Å². The quantitative estimate of drug-likeness (QED) is 0.601. The molecule has 0 saturated heterocycles. The fourth-order valence-electron chi connectivity index (χ4n) is 1.72. The van der Waals surface area contributed by atoms with Gasteiger partial charge in [-0.1, -0.05) is 52.5 Å². The maximum absolute atomic E-state index is 10.3. The molecule has 1 nitrogen and oxygen atoms in total. The van der Waals surface area contributed by atoms with Crippen molar-refractivity contribution in [1.29, 1.82) is 0 Å². The van der Waals surface area contributed by atoms with Crippen molar-refractivity contribution < 1.29 is 5.11 Å². The Labute approximate surface area is 104 Å².